The van der Waals surface area contributed by atoms with Gasteiger partial charge in [0.1, 0.15) is 0 Å². The highest BCUT2D eigenvalue weighted by Crippen LogP contribution is 2.30. The molecule has 0 aliphatic carbocycles. The van der Waals surface area contributed by atoms with Gasteiger partial charge in [-0.3, -0.25) is 4.79 Å². The molecule has 0 saturated carbocycles. The van der Waals surface area contributed by atoms with Gasteiger partial charge < -0.3 is 10.6 Å². The van der Waals surface area contributed by atoms with E-state index in [1.165, 1.54) is 4.68 Å². The first-order chi connectivity index (χ1) is 11.0. The molecule has 9 heteroatoms. The lowest BCUT2D eigenvalue weighted by Gasteiger charge is -2.06. The number of nitrogen functional groups attached to an aromatic ring is 1. The molecule has 2 aromatic rings. The van der Waals surface area contributed by atoms with Gasteiger partial charge in [-0.25, -0.2) is 4.68 Å². The van der Waals surface area contributed by atoms with Gasteiger partial charge in [0.2, 0.25) is 5.16 Å². The summed E-state index contributed by atoms with van der Waals surface area (Å²) in [6, 6.07) is 4.99. The Kier molecular flexibility index (Phi) is 6.56. The molecule has 1 heterocycles. The first-order valence-corrected chi connectivity index (χ1v) is 8.71. The summed E-state index contributed by atoms with van der Waals surface area (Å²) in [5, 5.41) is 9.36. The summed E-state index contributed by atoms with van der Waals surface area (Å²) in [5.74, 6) is 6.16. The standard InChI is InChI=1S/C14H16Cl2N4O2S/c1-2-3-6-22-12(21)8-23-14-19-18-13(20(14)17)10-7-9(15)4-5-11(10)16/h4-5,7H,2-3,6,8,17H2,1H3. The Balaban J connectivity index is 2.05. The van der Waals surface area contributed by atoms with Gasteiger partial charge in [0, 0.05) is 10.6 Å². The van der Waals surface area contributed by atoms with Crippen molar-refractivity contribution in [1.29, 1.82) is 0 Å². The van der Waals surface area contributed by atoms with Crippen LogP contribution in [0.4, 0.5) is 0 Å². The SMILES string of the molecule is CCCCOC(=O)CSc1nnc(-c2cc(Cl)ccc2Cl)n1N. The molecule has 2 rings (SSSR count). The van der Waals surface area contributed by atoms with Crippen LogP contribution in [0.1, 0.15) is 19.8 Å². The van der Waals surface area contributed by atoms with E-state index in [2.05, 4.69) is 10.2 Å². The minimum atomic E-state index is -0.311. The molecular weight excluding hydrogens is 359 g/mol. The van der Waals surface area contributed by atoms with Gasteiger partial charge in [0.05, 0.1) is 17.4 Å². The Labute approximate surface area is 148 Å². The molecule has 0 aliphatic rings. The van der Waals surface area contributed by atoms with Crippen molar-refractivity contribution < 1.29 is 9.53 Å². The summed E-state index contributed by atoms with van der Waals surface area (Å²) in [5.41, 5.74) is 0.575. The molecule has 2 N–H and O–H groups in total. The number of esters is 1. The van der Waals surface area contributed by atoms with Gasteiger partial charge in [0.15, 0.2) is 5.82 Å². The molecule has 0 fully saturated rings. The molecule has 124 valence electrons. The normalized spacial score (nSPS) is 10.7. The van der Waals surface area contributed by atoms with E-state index in [-0.39, 0.29) is 11.7 Å². The Morgan fingerprint density at radius 2 is 2.17 bits per heavy atom. The maximum Gasteiger partial charge on any atom is 0.316 e. The molecule has 0 bridgehead atoms. The summed E-state index contributed by atoms with van der Waals surface area (Å²) in [4.78, 5) is 11.6. The number of benzene rings is 1. The average Bonchev–Trinajstić information content (AvgIpc) is 2.89. The molecule has 0 amide bonds. The van der Waals surface area contributed by atoms with Crippen LogP contribution in [0.5, 0.6) is 0 Å². The van der Waals surface area contributed by atoms with Crippen LogP contribution in [0.15, 0.2) is 23.4 Å². The van der Waals surface area contributed by atoms with Crippen molar-refractivity contribution in [2.75, 3.05) is 18.2 Å². The molecule has 0 spiro atoms. The summed E-state index contributed by atoms with van der Waals surface area (Å²) in [6.07, 6.45) is 1.82. The van der Waals surface area contributed by atoms with Crippen LogP contribution in [0.2, 0.25) is 10.0 Å². The van der Waals surface area contributed by atoms with Crippen molar-refractivity contribution >= 4 is 40.9 Å². The number of hydrogen-bond acceptors (Lipinski definition) is 6. The van der Waals surface area contributed by atoms with Gasteiger partial charge in [-0.1, -0.05) is 48.3 Å². The number of nitrogens with zero attached hydrogens (tertiary/aromatic N) is 3. The van der Waals surface area contributed by atoms with E-state index in [0.29, 0.717) is 33.2 Å². The number of carbonyl (C=O) groups is 1. The molecule has 1 aromatic heterocycles. The third kappa shape index (κ3) is 4.76. The van der Waals surface area contributed by atoms with E-state index in [1.807, 2.05) is 6.92 Å². The van der Waals surface area contributed by atoms with Gasteiger partial charge in [0.25, 0.3) is 0 Å². The van der Waals surface area contributed by atoms with Crippen molar-refractivity contribution in [3.8, 4) is 11.4 Å². The van der Waals surface area contributed by atoms with E-state index in [9.17, 15) is 4.79 Å². The van der Waals surface area contributed by atoms with Crippen LogP contribution in [-0.2, 0) is 9.53 Å². The van der Waals surface area contributed by atoms with E-state index >= 15 is 0 Å². The number of halogens is 2. The second-order valence-corrected chi connectivity index (χ2v) is 6.45. The Bertz CT molecular complexity index is 693. The van der Waals surface area contributed by atoms with Crippen molar-refractivity contribution in [1.82, 2.24) is 14.9 Å². The molecular formula is C14H16Cl2N4O2S. The van der Waals surface area contributed by atoms with Crippen LogP contribution >= 0.6 is 35.0 Å². The third-order valence-corrected chi connectivity index (χ3v) is 4.40. The Morgan fingerprint density at radius 1 is 1.39 bits per heavy atom. The molecule has 0 atom stereocenters. The number of unbranched alkanes of at least 4 members (excludes halogenated alkanes) is 1. The van der Waals surface area contributed by atoms with Crippen molar-refractivity contribution in [2.24, 2.45) is 0 Å². The molecule has 0 radical (unpaired) electrons. The van der Waals surface area contributed by atoms with Crippen LogP contribution in [0.25, 0.3) is 11.4 Å². The predicted molar refractivity (Wildman–Crippen MR) is 92.2 cm³/mol. The number of thioether (sulfide) groups is 1. The van der Waals surface area contributed by atoms with Crippen LogP contribution in [-0.4, -0.2) is 33.2 Å². The minimum absolute atomic E-state index is 0.113. The van der Waals surface area contributed by atoms with Gasteiger partial charge in [-0.15, -0.1) is 10.2 Å². The predicted octanol–water partition coefficient (Wildman–Crippen LogP) is 3.40. The monoisotopic (exact) mass is 374 g/mol. The molecule has 0 aliphatic heterocycles. The first-order valence-electron chi connectivity index (χ1n) is 6.97. The lowest BCUT2D eigenvalue weighted by Crippen LogP contribution is -2.14. The summed E-state index contributed by atoms with van der Waals surface area (Å²) in [7, 11) is 0. The highest BCUT2D eigenvalue weighted by molar-refractivity contribution is 7.99. The van der Waals surface area contributed by atoms with Crippen LogP contribution in [0.3, 0.4) is 0 Å². The van der Waals surface area contributed by atoms with Gasteiger partial charge in [-0.2, -0.15) is 0 Å². The maximum absolute atomic E-state index is 11.6. The fraction of sp³-hybridized carbons (Fsp3) is 0.357. The fourth-order valence-corrected chi connectivity index (χ4v) is 2.75. The number of nitrogens with two attached hydrogens (primary N) is 1. The first kappa shape index (κ1) is 17.9. The van der Waals surface area contributed by atoms with E-state index in [0.717, 1.165) is 24.6 Å². The number of hydrogen-bond donors (Lipinski definition) is 1. The molecule has 1 aromatic carbocycles. The van der Waals surface area contributed by atoms with Gasteiger partial charge >= 0.3 is 5.97 Å². The minimum Gasteiger partial charge on any atom is -0.465 e. The quantitative estimate of drug-likeness (QED) is 0.346. The molecule has 6 nitrogen and oxygen atoms in total. The van der Waals surface area contributed by atoms with Gasteiger partial charge in [-0.05, 0) is 24.6 Å². The second kappa shape index (κ2) is 8.42. The highest BCUT2D eigenvalue weighted by Gasteiger charge is 2.16. The zero-order chi connectivity index (χ0) is 16.8. The molecule has 23 heavy (non-hydrogen) atoms. The summed E-state index contributed by atoms with van der Waals surface area (Å²) < 4.78 is 6.35. The number of carbonyl (C=O) groups excluding carboxylic acids is 1. The second-order valence-electron chi connectivity index (χ2n) is 4.66. The number of rotatable bonds is 7. The summed E-state index contributed by atoms with van der Waals surface area (Å²) >= 11 is 13.3. The lowest BCUT2D eigenvalue weighted by atomic mass is 10.2. The molecule has 0 unspecified atom stereocenters. The third-order valence-electron chi connectivity index (χ3n) is 2.91. The zero-order valence-electron chi connectivity index (χ0n) is 12.5. The zero-order valence-corrected chi connectivity index (χ0v) is 14.8. The van der Waals surface area contributed by atoms with Crippen molar-refractivity contribution in [3.05, 3.63) is 28.2 Å². The fourth-order valence-electron chi connectivity index (χ4n) is 1.72. The average molecular weight is 375 g/mol. The molecule has 0 saturated heterocycles. The highest BCUT2D eigenvalue weighted by atomic mass is 35.5. The Morgan fingerprint density at radius 3 is 2.91 bits per heavy atom. The largest absolute Gasteiger partial charge is 0.465 e. The topological polar surface area (TPSA) is 83.0 Å². The Hall–Kier alpha value is -1.44. The lowest BCUT2D eigenvalue weighted by molar-refractivity contribution is -0.140. The number of aromatic nitrogens is 3. The summed E-state index contributed by atoms with van der Waals surface area (Å²) in [6.45, 7) is 2.45. The van der Waals surface area contributed by atoms with E-state index < -0.39 is 0 Å². The van der Waals surface area contributed by atoms with Crippen LogP contribution < -0.4 is 5.84 Å². The van der Waals surface area contributed by atoms with Crippen molar-refractivity contribution in [3.63, 3.8) is 0 Å². The van der Waals surface area contributed by atoms with E-state index in [1.54, 1.807) is 18.2 Å². The van der Waals surface area contributed by atoms with Crippen LogP contribution in [0, 0.1) is 0 Å². The van der Waals surface area contributed by atoms with E-state index in [4.69, 9.17) is 33.8 Å². The van der Waals surface area contributed by atoms with Crippen molar-refractivity contribution in [2.45, 2.75) is 24.9 Å². The maximum atomic E-state index is 11.6. The number of ether oxygens (including phenoxy) is 1. The smallest absolute Gasteiger partial charge is 0.316 e.